The Labute approximate surface area is 133 Å². The average molecular weight is 314 g/mol. The van der Waals surface area contributed by atoms with Crippen molar-refractivity contribution < 1.29 is 0 Å². The summed E-state index contributed by atoms with van der Waals surface area (Å²) in [6, 6.07) is 6.26. The molecule has 112 valence electrons. The van der Waals surface area contributed by atoms with Crippen LogP contribution in [0.25, 0.3) is 0 Å². The Morgan fingerprint density at radius 3 is 2.25 bits per heavy atom. The highest BCUT2D eigenvalue weighted by Gasteiger charge is 2.27. The smallest absolute Gasteiger partial charge is 0.0453 e. The van der Waals surface area contributed by atoms with Crippen LogP contribution in [-0.4, -0.2) is 13.1 Å². The zero-order chi connectivity index (χ0) is 14.5. The van der Waals surface area contributed by atoms with Crippen LogP contribution >= 0.6 is 23.2 Å². The molecular weight excluding hydrogens is 289 g/mol. The Balaban J connectivity index is 2.02. The lowest BCUT2D eigenvalue weighted by atomic mass is 9.76. The van der Waals surface area contributed by atoms with Gasteiger partial charge in [-0.2, -0.15) is 0 Å². The van der Waals surface area contributed by atoms with Crippen molar-refractivity contribution in [3.63, 3.8) is 0 Å². The molecule has 0 aromatic heterocycles. The fraction of sp³-hybridized carbons (Fsp3) is 0.647. The maximum absolute atomic E-state index is 6.30. The lowest BCUT2D eigenvalue weighted by Crippen LogP contribution is -2.37. The topological polar surface area (TPSA) is 12.0 Å². The molecule has 0 radical (unpaired) electrons. The van der Waals surface area contributed by atoms with Crippen molar-refractivity contribution in [2.45, 2.75) is 51.5 Å². The molecule has 2 rings (SSSR count). The Morgan fingerprint density at radius 2 is 1.75 bits per heavy atom. The normalized spacial score (nSPS) is 24.6. The first-order valence-corrected chi connectivity index (χ1v) is 8.51. The van der Waals surface area contributed by atoms with Gasteiger partial charge in [-0.3, -0.25) is 0 Å². The number of hydrogen-bond acceptors (Lipinski definition) is 1. The van der Waals surface area contributed by atoms with Crippen LogP contribution in [0.15, 0.2) is 18.2 Å². The third-order valence-electron chi connectivity index (χ3n) is 4.89. The summed E-state index contributed by atoms with van der Waals surface area (Å²) in [5.74, 6) is 1.68. The third-order valence-corrected chi connectivity index (χ3v) is 5.60. The molecule has 0 aliphatic heterocycles. The molecule has 20 heavy (non-hydrogen) atoms. The molecule has 1 unspecified atom stereocenters. The van der Waals surface area contributed by atoms with Gasteiger partial charge in [0.2, 0.25) is 0 Å². The Morgan fingerprint density at radius 1 is 1.15 bits per heavy atom. The summed E-state index contributed by atoms with van der Waals surface area (Å²) in [6.45, 7) is 2.31. The summed E-state index contributed by atoms with van der Waals surface area (Å²) in [6.07, 6.45) is 7.65. The highest BCUT2D eigenvalue weighted by atomic mass is 35.5. The van der Waals surface area contributed by atoms with E-state index in [-0.39, 0.29) is 0 Å². The van der Waals surface area contributed by atoms with Crippen molar-refractivity contribution in [3.8, 4) is 0 Å². The molecule has 1 nitrogen and oxygen atoms in total. The maximum atomic E-state index is 6.30. The molecule has 0 bridgehead atoms. The van der Waals surface area contributed by atoms with Crippen molar-refractivity contribution in [1.29, 1.82) is 0 Å². The van der Waals surface area contributed by atoms with Crippen LogP contribution in [0, 0.1) is 11.8 Å². The highest BCUT2D eigenvalue weighted by Crippen LogP contribution is 2.35. The second kappa shape index (κ2) is 7.68. The lowest BCUT2D eigenvalue weighted by Gasteiger charge is -2.34. The van der Waals surface area contributed by atoms with Gasteiger partial charge < -0.3 is 5.32 Å². The van der Waals surface area contributed by atoms with Crippen LogP contribution in [0.1, 0.15) is 44.6 Å². The summed E-state index contributed by atoms with van der Waals surface area (Å²) in [4.78, 5) is 0. The lowest BCUT2D eigenvalue weighted by molar-refractivity contribution is 0.222. The van der Waals surface area contributed by atoms with Crippen LogP contribution in [0.3, 0.4) is 0 Å². The molecule has 0 saturated heterocycles. The van der Waals surface area contributed by atoms with Crippen molar-refractivity contribution in [2.75, 3.05) is 7.05 Å². The van der Waals surface area contributed by atoms with Crippen molar-refractivity contribution in [1.82, 2.24) is 5.32 Å². The molecule has 0 amide bonds. The van der Waals surface area contributed by atoms with E-state index in [4.69, 9.17) is 23.2 Å². The largest absolute Gasteiger partial charge is 0.316 e. The van der Waals surface area contributed by atoms with E-state index in [0.717, 1.165) is 33.9 Å². The molecule has 1 aliphatic carbocycles. The van der Waals surface area contributed by atoms with E-state index >= 15 is 0 Å². The summed E-state index contributed by atoms with van der Waals surface area (Å²) in [5, 5.41) is 5.07. The van der Waals surface area contributed by atoms with Crippen LogP contribution in [-0.2, 0) is 6.42 Å². The van der Waals surface area contributed by atoms with Crippen molar-refractivity contribution in [3.05, 3.63) is 33.8 Å². The Kier molecular flexibility index (Phi) is 6.20. The first-order valence-electron chi connectivity index (χ1n) is 7.75. The summed E-state index contributed by atoms with van der Waals surface area (Å²) < 4.78 is 0. The Bertz CT molecular complexity index is 405. The molecular formula is C17H25Cl2N. The Hall–Kier alpha value is -0.240. The highest BCUT2D eigenvalue weighted by molar-refractivity contribution is 6.36. The van der Waals surface area contributed by atoms with Crippen LogP contribution in [0.2, 0.25) is 10.0 Å². The number of halogens is 2. The van der Waals surface area contributed by atoms with Gasteiger partial charge >= 0.3 is 0 Å². The third kappa shape index (κ3) is 3.90. The van der Waals surface area contributed by atoms with Gasteiger partial charge in [-0.1, -0.05) is 55.5 Å². The molecule has 1 aromatic carbocycles. The molecule has 1 saturated carbocycles. The quantitative estimate of drug-likeness (QED) is 0.773. The molecule has 0 heterocycles. The van der Waals surface area contributed by atoms with Crippen LogP contribution < -0.4 is 5.32 Å². The number of nitrogens with one attached hydrogen (secondary N) is 1. The van der Waals surface area contributed by atoms with E-state index in [1.165, 1.54) is 32.1 Å². The van der Waals surface area contributed by atoms with Gasteiger partial charge in [0.1, 0.15) is 0 Å². The molecule has 1 aliphatic rings. The zero-order valence-electron chi connectivity index (χ0n) is 12.5. The number of benzene rings is 1. The van der Waals surface area contributed by atoms with Gasteiger partial charge in [0.25, 0.3) is 0 Å². The zero-order valence-corrected chi connectivity index (χ0v) is 14.0. The summed E-state index contributed by atoms with van der Waals surface area (Å²) in [7, 11) is 2.06. The van der Waals surface area contributed by atoms with E-state index in [9.17, 15) is 0 Å². The second-order valence-electron chi connectivity index (χ2n) is 5.99. The van der Waals surface area contributed by atoms with Gasteiger partial charge in [-0.25, -0.2) is 0 Å². The first-order chi connectivity index (χ1) is 9.65. The van der Waals surface area contributed by atoms with Crippen molar-refractivity contribution in [2.24, 2.45) is 11.8 Å². The van der Waals surface area contributed by atoms with E-state index in [1.807, 2.05) is 18.2 Å². The van der Waals surface area contributed by atoms with E-state index in [1.54, 1.807) is 0 Å². The molecule has 1 N–H and O–H groups in total. The predicted molar refractivity (Wildman–Crippen MR) is 88.8 cm³/mol. The van der Waals surface area contributed by atoms with Gasteiger partial charge in [-0.05, 0) is 55.8 Å². The summed E-state index contributed by atoms with van der Waals surface area (Å²) in [5.41, 5.74) is 1.09. The number of likely N-dealkylation sites (N-methyl/N-ethyl adjacent to an activating group) is 1. The fourth-order valence-electron chi connectivity index (χ4n) is 3.45. The molecule has 1 fully saturated rings. The minimum Gasteiger partial charge on any atom is -0.316 e. The molecule has 3 heteroatoms. The van der Waals surface area contributed by atoms with Gasteiger partial charge in [0.15, 0.2) is 0 Å². The molecule has 0 spiro atoms. The maximum Gasteiger partial charge on any atom is 0.0453 e. The van der Waals surface area contributed by atoms with Gasteiger partial charge in [-0.15, -0.1) is 0 Å². The van der Waals surface area contributed by atoms with Crippen molar-refractivity contribution >= 4 is 23.2 Å². The summed E-state index contributed by atoms with van der Waals surface area (Å²) >= 11 is 12.6. The monoisotopic (exact) mass is 313 g/mol. The van der Waals surface area contributed by atoms with Gasteiger partial charge in [0.05, 0.1) is 0 Å². The second-order valence-corrected chi connectivity index (χ2v) is 6.80. The minimum atomic E-state index is 0.477. The number of rotatable bonds is 5. The molecule has 1 aromatic rings. The minimum absolute atomic E-state index is 0.477. The van der Waals surface area contributed by atoms with Crippen LogP contribution in [0.5, 0.6) is 0 Å². The van der Waals surface area contributed by atoms with E-state index in [0.29, 0.717) is 6.04 Å². The standard InChI is InChI=1S/C17H25Cl2N/c1-3-12-7-9-13(10-8-12)17(20-2)11-14-15(18)5-4-6-16(14)19/h4-6,12-13,17,20H,3,7-11H2,1-2H3. The predicted octanol–water partition coefficient (Wildman–Crippen LogP) is 5.34. The van der Waals surface area contributed by atoms with Crippen LogP contribution in [0.4, 0.5) is 0 Å². The SMILES string of the molecule is CCC1CCC(C(Cc2c(Cl)cccc2Cl)NC)CC1. The van der Waals surface area contributed by atoms with E-state index < -0.39 is 0 Å². The van der Waals surface area contributed by atoms with E-state index in [2.05, 4.69) is 19.3 Å². The average Bonchev–Trinajstić information content (AvgIpc) is 2.47. The first kappa shape index (κ1) is 16.1. The molecule has 1 atom stereocenters. The van der Waals surface area contributed by atoms with Gasteiger partial charge in [0, 0.05) is 16.1 Å². The number of hydrogen-bond donors (Lipinski definition) is 1. The fourth-order valence-corrected chi connectivity index (χ4v) is 4.00.